The van der Waals surface area contributed by atoms with Crippen LogP contribution in [-0.4, -0.2) is 51.0 Å². The van der Waals surface area contributed by atoms with Crippen molar-refractivity contribution in [3.05, 3.63) is 64.1 Å². The highest BCUT2D eigenvalue weighted by atomic mass is 79.9. The molecule has 0 aliphatic heterocycles. The lowest BCUT2D eigenvalue weighted by Crippen LogP contribution is -2.40. The average Bonchev–Trinajstić information content (AvgIpc) is 2.66. The van der Waals surface area contributed by atoms with Crippen molar-refractivity contribution in [2.45, 2.75) is 6.04 Å². The van der Waals surface area contributed by atoms with Gasteiger partial charge in [-0.3, -0.25) is 9.59 Å². The molecule has 2 aromatic carbocycles. The van der Waals surface area contributed by atoms with Gasteiger partial charge < -0.3 is 20.3 Å². The van der Waals surface area contributed by atoms with Crippen molar-refractivity contribution < 1.29 is 14.3 Å². The first-order valence-electron chi connectivity index (χ1n) is 8.51. The van der Waals surface area contributed by atoms with Crippen molar-refractivity contribution in [2.75, 3.05) is 34.3 Å². The number of likely N-dealkylation sites (N-methyl/N-ethyl adjacent to an activating group) is 1. The average molecular weight is 434 g/mol. The van der Waals surface area contributed by atoms with Crippen LogP contribution in [0, 0.1) is 0 Å². The van der Waals surface area contributed by atoms with E-state index in [1.54, 1.807) is 25.3 Å². The Labute approximate surface area is 168 Å². The first-order valence-corrected chi connectivity index (χ1v) is 9.31. The van der Waals surface area contributed by atoms with E-state index in [1.807, 2.05) is 49.3 Å². The fourth-order valence-electron chi connectivity index (χ4n) is 2.61. The van der Waals surface area contributed by atoms with Gasteiger partial charge in [0.15, 0.2) is 0 Å². The molecule has 0 aliphatic rings. The van der Waals surface area contributed by atoms with E-state index in [9.17, 15) is 9.59 Å². The summed E-state index contributed by atoms with van der Waals surface area (Å²) >= 11 is 3.32. The second kappa shape index (κ2) is 10.1. The van der Waals surface area contributed by atoms with Crippen molar-refractivity contribution >= 4 is 27.7 Å². The van der Waals surface area contributed by atoms with Gasteiger partial charge in [-0.05, 0) is 50.0 Å². The van der Waals surface area contributed by atoms with E-state index in [1.165, 1.54) is 0 Å². The molecule has 0 aromatic heterocycles. The van der Waals surface area contributed by atoms with Crippen molar-refractivity contribution in [1.82, 2.24) is 15.5 Å². The number of nitrogens with one attached hydrogen (secondary N) is 2. The minimum Gasteiger partial charge on any atom is -0.497 e. The molecular weight excluding hydrogens is 410 g/mol. The van der Waals surface area contributed by atoms with Crippen LogP contribution in [-0.2, 0) is 4.79 Å². The number of hydrogen-bond donors (Lipinski definition) is 2. The largest absolute Gasteiger partial charge is 0.497 e. The molecule has 0 heterocycles. The van der Waals surface area contributed by atoms with Crippen molar-refractivity contribution in [2.24, 2.45) is 0 Å². The van der Waals surface area contributed by atoms with E-state index >= 15 is 0 Å². The van der Waals surface area contributed by atoms with Crippen molar-refractivity contribution in [3.8, 4) is 5.75 Å². The summed E-state index contributed by atoms with van der Waals surface area (Å²) < 4.78 is 6.08. The molecule has 0 saturated carbocycles. The molecule has 7 heteroatoms. The van der Waals surface area contributed by atoms with Gasteiger partial charge in [-0.1, -0.05) is 34.1 Å². The summed E-state index contributed by atoms with van der Waals surface area (Å²) in [6.45, 7) is 0.343. The Morgan fingerprint density at radius 1 is 1.11 bits per heavy atom. The van der Waals surface area contributed by atoms with Gasteiger partial charge >= 0.3 is 0 Å². The van der Waals surface area contributed by atoms with E-state index in [0.717, 1.165) is 15.8 Å². The maximum Gasteiger partial charge on any atom is 0.251 e. The van der Waals surface area contributed by atoms with Gasteiger partial charge in [0.2, 0.25) is 5.91 Å². The Bertz CT molecular complexity index is 796. The summed E-state index contributed by atoms with van der Waals surface area (Å²) in [4.78, 5) is 26.3. The maximum absolute atomic E-state index is 12.1. The molecule has 2 rings (SSSR count). The third-order valence-electron chi connectivity index (χ3n) is 4.09. The van der Waals surface area contributed by atoms with Crippen LogP contribution in [0.2, 0.25) is 0 Å². The van der Waals surface area contributed by atoms with Crippen LogP contribution in [0.1, 0.15) is 22.0 Å². The number of carbonyl (C=O) groups is 2. The second-order valence-electron chi connectivity index (χ2n) is 6.25. The number of amides is 2. The number of rotatable bonds is 8. The first kappa shape index (κ1) is 20.9. The fourth-order valence-corrected chi connectivity index (χ4v) is 3.01. The van der Waals surface area contributed by atoms with Crippen LogP contribution < -0.4 is 15.4 Å². The SMILES string of the molecule is COc1cccc(C(CNC(=O)CNC(=O)c2cccc(Br)c2)N(C)C)c1. The first-order chi connectivity index (χ1) is 12.9. The van der Waals surface area contributed by atoms with Crippen molar-refractivity contribution in [1.29, 1.82) is 0 Å². The summed E-state index contributed by atoms with van der Waals surface area (Å²) in [6.07, 6.45) is 0. The molecular formula is C20H24BrN3O3. The Hall–Kier alpha value is -2.38. The third-order valence-corrected chi connectivity index (χ3v) is 4.58. The van der Waals surface area contributed by atoms with Crippen LogP contribution >= 0.6 is 15.9 Å². The number of benzene rings is 2. The summed E-state index contributed by atoms with van der Waals surface area (Å²) in [5.74, 6) is 0.239. The number of carbonyl (C=O) groups excluding carboxylic acids is 2. The zero-order chi connectivity index (χ0) is 19.8. The van der Waals surface area contributed by atoms with Crippen LogP contribution in [0.5, 0.6) is 5.75 Å². The third kappa shape index (κ3) is 6.37. The van der Waals surface area contributed by atoms with Gasteiger partial charge in [0.1, 0.15) is 5.75 Å². The Morgan fingerprint density at radius 2 is 1.85 bits per heavy atom. The molecule has 0 saturated heterocycles. The van der Waals surface area contributed by atoms with Gasteiger partial charge in [-0.15, -0.1) is 0 Å². The maximum atomic E-state index is 12.1. The molecule has 0 spiro atoms. The van der Waals surface area contributed by atoms with E-state index in [4.69, 9.17) is 4.74 Å². The Morgan fingerprint density at radius 3 is 2.52 bits per heavy atom. The lowest BCUT2D eigenvalue weighted by molar-refractivity contribution is -0.120. The molecule has 2 aromatic rings. The summed E-state index contributed by atoms with van der Waals surface area (Å²) in [5, 5.41) is 5.50. The lowest BCUT2D eigenvalue weighted by Gasteiger charge is -2.25. The number of nitrogens with zero attached hydrogens (tertiary/aromatic N) is 1. The van der Waals surface area contributed by atoms with E-state index < -0.39 is 0 Å². The van der Waals surface area contributed by atoms with Gasteiger partial charge in [-0.2, -0.15) is 0 Å². The van der Waals surface area contributed by atoms with E-state index in [2.05, 4.69) is 26.6 Å². The zero-order valence-corrected chi connectivity index (χ0v) is 17.2. The monoisotopic (exact) mass is 433 g/mol. The number of hydrogen-bond acceptors (Lipinski definition) is 4. The van der Waals surface area contributed by atoms with Crippen LogP contribution in [0.3, 0.4) is 0 Å². The minimum atomic E-state index is -0.289. The molecule has 1 unspecified atom stereocenters. The zero-order valence-electron chi connectivity index (χ0n) is 15.7. The normalized spacial score (nSPS) is 11.7. The van der Waals surface area contributed by atoms with Gasteiger partial charge in [-0.25, -0.2) is 0 Å². The molecule has 27 heavy (non-hydrogen) atoms. The summed E-state index contributed by atoms with van der Waals surface area (Å²) in [7, 11) is 5.52. The highest BCUT2D eigenvalue weighted by Crippen LogP contribution is 2.22. The van der Waals surface area contributed by atoms with Gasteiger partial charge in [0.25, 0.3) is 5.91 Å². The van der Waals surface area contributed by atoms with Crippen LogP contribution in [0.15, 0.2) is 53.0 Å². The molecule has 6 nitrogen and oxygen atoms in total. The highest BCUT2D eigenvalue weighted by molar-refractivity contribution is 9.10. The molecule has 1 atom stereocenters. The minimum absolute atomic E-state index is 0.00942. The Balaban J connectivity index is 1.89. The molecule has 2 amide bonds. The molecule has 144 valence electrons. The molecule has 0 fully saturated rings. The number of ether oxygens (including phenoxy) is 1. The molecule has 2 N–H and O–H groups in total. The van der Waals surface area contributed by atoms with E-state index in [-0.39, 0.29) is 24.4 Å². The standard InChI is InChI=1S/C20H24BrN3O3/c1-24(2)18(14-6-5-9-17(11-14)27-3)12-22-19(25)13-23-20(26)15-7-4-8-16(21)10-15/h4-11,18H,12-13H2,1-3H3,(H,22,25)(H,23,26). The quantitative estimate of drug-likeness (QED) is 0.670. The van der Waals surface area contributed by atoms with Gasteiger partial charge in [0, 0.05) is 16.6 Å². The van der Waals surface area contributed by atoms with Crippen LogP contribution in [0.25, 0.3) is 0 Å². The predicted octanol–water partition coefficient (Wildman–Crippen LogP) is 2.61. The summed E-state index contributed by atoms with van der Waals surface area (Å²) in [5.41, 5.74) is 1.54. The predicted molar refractivity (Wildman–Crippen MR) is 109 cm³/mol. The van der Waals surface area contributed by atoms with E-state index in [0.29, 0.717) is 12.1 Å². The van der Waals surface area contributed by atoms with Crippen LogP contribution in [0.4, 0.5) is 0 Å². The number of halogens is 1. The topological polar surface area (TPSA) is 70.7 Å². The fraction of sp³-hybridized carbons (Fsp3) is 0.300. The lowest BCUT2D eigenvalue weighted by atomic mass is 10.1. The molecule has 0 aliphatic carbocycles. The number of methoxy groups -OCH3 is 1. The molecule has 0 bridgehead atoms. The molecule has 0 radical (unpaired) electrons. The van der Waals surface area contributed by atoms with Crippen molar-refractivity contribution in [3.63, 3.8) is 0 Å². The second-order valence-corrected chi connectivity index (χ2v) is 7.17. The van der Waals surface area contributed by atoms with Gasteiger partial charge in [0.05, 0.1) is 19.7 Å². The Kier molecular flexibility index (Phi) is 7.82. The highest BCUT2D eigenvalue weighted by Gasteiger charge is 2.16. The summed E-state index contributed by atoms with van der Waals surface area (Å²) in [6, 6.07) is 14.8. The smallest absolute Gasteiger partial charge is 0.251 e.